The molecular weight excluding hydrogens is 750 g/mol. The summed E-state index contributed by atoms with van der Waals surface area (Å²) in [5.41, 5.74) is 0. The third-order valence-electron chi connectivity index (χ3n) is 9.86. The summed E-state index contributed by atoms with van der Waals surface area (Å²) in [6, 6.07) is 0. The molecule has 0 fully saturated rings. The summed E-state index contributed by atoms with van der Waals surface area (Å²) in [6.45, 7) is 4.36. The molecule has 0 spiro atoms. The van der Waals surface area contributed by atoms with E-state index in [1.807, 2.05) is 21.1 Å². The van der Waals surface area contributed by atoms with Gasteiger partial charge in [-0.3, -0.25) is 18.6 Å². The zero-order chi connectivity index (χ0) is 42.8. The van der Waals surface area contributed by atoms with Gasteiger partial charge in [0.05, 0.1) is 27.7 Å². The molecular formula is C48H89NO8P+. The van der Waals surface area contributed by atoms with E-state index in [9.17, 15) is 19.0 Å². The molecule has 0 radical (unpaired) electrons. The van der Waals surface area contributed by atoms with Crippen molar-refractivity contribution in [2.24, 2.45) is 0 Å². The van der Waals surface area contributed by atoms with E-state index < -0.39 is 26.5 Å². The molecule has 0 aromatic carbocycles. The minimum absolute atomic E-state index is 0.0270. The molecule has 0 saturated carbocycles. The van der Waals surface area contributed by atoms with E-state index in [2.05, 4.69) is 62.5 Å². The van der Waals surface area contributed by atoms with Crippen LogP contribution in [0.2, 0.25) is 0 Å². The van der Waals surface area contributed by atoms with Gasteiger partial charge >= 0.3 is 19.8 Å². The van der Waals surface area contributed by atoms with Gasteiger partial charge < -0.3 is 18.9 Å². The number of phosphoric ester groups is 1. The molecule has 338 valence electrons. The van der Waals surface area contributed by atoms with Gasteiger partial charge in [0.1, 0.15) is 19.8 Å². The lowest BCUT2D eigenvalue weighted by Crippen LogP contribution is -2.37. The van der Waals surface area contributed by atoms with E-state index in [4.69, 9.17) is 18.5 Å². The summed E-state index contributed by atoms with van der Waals surface area (Å²) in [4.78, 5) is 35.4. The summed E-state index contributed by atoms with van der Waals surface area (Å²) in [7, 11) is 1.46. The zero-order valence-corrected chi connectivity index (χ0v) is 38.9. The molecule has 9 nitrogen and oxygen atoms in total. The van der Waals surface area contributed by atoms with Crippen LogP contribution in [0.5, 0.6) is 0 Å². The summed E-state index contributed by atoms with van der Waals surface area (Å²) in [6.07, 6.45) is 47.2. The number of esters is 2. The quantitative estimate of drug-likeness (QED) is 0.0162. The monoisotopic (exact) mass is 839 g/mol. The van der Waals surface area contributed by atoms with Crippen LogP contribution in [0, 0.1) is 0 Å². The highest BCUT2D eigenvalue weighted by Crippen LogP contribution is 2.43. The first kappa shape index (κ1) is 56.0. The smallest absolute Gasteiger partial charge is 0.462 e. The van der Waals surface area contributed by atoms with Gasteiger partial charge in [-0.25, -0.2) is 4.57 Å². The van der Waals surface area contributed by atoms with Crippen LogP contribution in [-0.2, 0) is 32.7 Å². The fourth-order valence-corrected chi connectivity index (χ4v) is 6.89. The second kappa shape index (κ2) is 40.4. The molecule has 0 aliphatic carbocycles. The first-order valence-corrected chi connectivity index (χ1v) is 24.9. The predicted molar refractivity (Wildman–Crippen MR) is 243 cm³/mol. The number of rotatable bonds is 42. The number of quaternary nitrogens is 1. The fourth-order valence-electron chi connectivity index (χ4n) is 6.15. The molecule has 0 aliphatic heterocycles. The molecule has 0 bridgehead atoms. The van der Waals surface area contributed by atoms with Crippen molar-refractivity contribution in [2.75, 3.05) is 47.5 Å². The van der Waals surface area contributed by atoms with Crippen LogP contribution in [0.4, 0.5) is 0 Å². The highest BCUT2D eigenvalue weighted by molar-refractivity contribution is 7.47. The lowest BCUT2D eigenvalue weighted by molar-refractivity contribution is -0.870. The molecule has 1 N–H and O–H groups in total. The molecule has 0 heterocycles. The molecule has 0 amide bonds. The number of ether oxygens (including phenoxy) is 2. The first-order chi connectivity index (χ1) is 28.0. The van der Waals surface area contributed by atoms with E-state index in [1.54, 1.807) is 0 Å². The molecule has 0 aromatic heterocycles. The van der Waals surface area contributed by atoms with Crippen molar-refractivity contribution in [3.8, 4) is 0 Å². The number of hydrogen-bond donors (Lipinski definition) is 1. The van der Waals surface area contributed by atoms with Crippen molar-refractivity contribution in [3.05, 3.63) is 48.6 Å². The van der Waals surface area contributed by atoms with Gasteiger partial charge in [0, 0.05) is 12.8 Å². The lowest BCUT2D eigenvalue weighted by atomic mass is 10.1. The maximum atomic E-state index is 12.7. The first-order valence-electron chi connectivity index (χ1n) is 23.4. The van der Waals surface area contributed by atoms with Crippen LogP contribution in [0.1, 0.15) is 194 Å². The van der Waals surface area contributed by atoms with Crippen LogP contribution >= 0.6 is 7.82 Å². The minimum atomic E-state index is -4.38. The van der Waals surface area contributed by atoms with Crippen molar-refractivity contribution >= 4 is 19.8 Å². The zero-order valence-electron chi connectivity index (χ0n) is 38.0. The van der Waals surface area contributed by atoms with E-state index in [0.29, 0.717) is 17.4 Å². The van der Waals surface area contributed by atoms with Crippen molar-refractivity contribution in [1.29, 1.82) is 0 Å². The molecule has 2 atom stereocenters. The molecule has 0 aromatic rings. The van der Waals surface area contributed by atoms with Crippen LogP contribution < -0.4 is 0 Å². The topological polar surface area (TPSA) is 108 Å². The van der Waals surface area contributed by atoms with Crippen molar-refractivity contribution < 1.29 is 42.1 Å². The molecule has 0 saturated heterocycles. The summed E-state index contributed by atoms with van der Waals surface area (Å²) in [5.74, 6) is -0.821. The number of carbonyl (C=O) groups is 2. The average Bonchev–Trinajstić information content (AvgIpc) is 3.17. The van der Waals surface area contributed by atoms with Crippen LogP contribution in [0.15, 0.2) is 48.6 Å². The Bertz CT molecular complexity index is 1130. The summed E-state index contributed by atoms with van der Waals surface area (Å²) < 4.78 is 34.3. The van der Waals surface area contributed by atoms with E-state index >= 15 is 0 Å². The third kappa shape index (κ3) is 43.5. The second-order valence-electron chi connectivity index (χ2n) is 16.8. The Morgan fingerprint density at radius 3 is 1.50 bits per heavy atom. The SMILES string of the molecule is CCCCC/C=C/C/C=C/CCCCCCCCCCCC(=O)O[C@H](COC(=O)CCCCCCC/C=C/C=C/CCCCCC)COP(=O)(O)OCC[N+](C)(C)C. The lowest BCUT2D eigenvalue weighted by Gasteiger charge is -2.24. The number of nitrogens with zero attached hydrogens (tertiary/aromatic N) is 1. The summed E-state index contributed by atoms with van der Waals surface area (Å²) >= 11 is 0. The average molecular weight is 839 g/mol. The maximum absolute atomic E-state index is 12.7. The standard InChI is InChI=1S/C48H88NO8P/c1-6-8-10-12-14-16-18-20-22-23-24-25-27-29-31-33-35-37-39-41-48(51)57-46(45-56-58(52,53)55-43-42-49(3,4)5)44-54-47(50)40-38-36-34-32-30-28-26-21-19-17-15-13-11-9-7-2/h14,16-17,19-22,26,46H,6-13,15,18,23-25,27-45H2,1-5H3/p+1/b16-14+,19-17+,22-20+,26-21+/t46-/m1/s1. The van der Waals surface area contributed by atoms with E-state index in [-0.39, 0.29) is 32.0 Å². The van der Waals surface area contributed by atoms with Gasteiger partial charge in [-0.15, -0.1) is 0 Å². The molecule has 58 heavy (non-hydrogen) atoms. The van der Waals surface area contributed by atoms with Gasteiger partial charge in [0.25, 0.3) is 0 Å². The Balaban J connectivity index is 4.35. The van der Waals surface area contributed by atoms with Crippen LogP contribution in [-0.4, -0.2) is 74.9 Å². The highest BCUT2D eigenvalue weighted by Gasteiger charge is 2.27. The number of allylic oxidation sites excluding steroid dienone is 8. The summed E-state index contributed by atoms with van der Waals surface area (Å²) in [5, 5.41) is 0. The largest absolute Gasteiger partial charge is 0.472 e. The molecule has 0 rings (SSSR count). The maximum Gasteiger partial charge on any atom is 0.472 e. The Hall–Kier alpha value is -2.03. The Morgan fingerprint density at radius 1 is 0.552 bits per heavy atom. The molecule has 1 unspecified atom stereocenters. The molecule has 0 aliphatic rings. The third-order valence-corrected chi connectivity index (χ3v) is 10.8. The van der Waals surface area contributed by atoms with Crippen molar-refractivity contribution in [1.82, 2.24) is 0 Å². The van der Waals surface area contributed by atoms with Crippen molar-refractivity contribution in [3.63, 3.8) is 0 Å². The highest BCUT2D eigenvalue weighted by atomic mass is 31.2. The van der Waals surface area contributed by atoms with E-state index in [1.165, 1.54) is 83.5 Å². The van der Waals surface area contributed by atoms with Crippen molar-refractivity contribution in [2.45, 2.75) is 200 Å². The van der Waals surface area contributed by atoms with E-state index in [0.717, 1.165) is 77.0 Å². The number of likely N-dealkylation sites (N-methyl/N-ethyl adjacent to an activating group) is 1. The fraction of sp³-hybridized carbons (Fsp3) is 0.792. The van der Waals surface area contributed by atoms with Gasteiger partial charge in [0.15, 0.2) is 6.10 Å². The normalized spacial score (nSPS) is 14.0. The Labute approximate surface area is 356 Å². The van der Waals surface area contributed by atoms with Gasteiger partial charge in [-0.05, 0) is 70.6 Å². The number of unbranched alkanes of at least 4 members (excludes halogenated alkanes) is 21. The van der Waals surface area contributed by atoms with Gasteiger partial charge in [-0.1, -0.05) is 159 Å². The Morgan fingerprint density at radius 2 is 0.983 bits per heavy atom. The second-order valence-corrected chi connectivity index (χ2v) is 18.3. The number of carbonyl (C=O) groups excluding carboxylic acids is 2. The van der Waals surface area contributed by atoms with Gasteiger partial charge in [0.2, 0.25) is 0 Å². The molecule has 10 heteroatoms. The van der Waals surface area contributed by atoms with Crippen LogP contribution in [0.3, 0.4) is 0 Å². The van der Waals surface area contributed by atoms with Gasteiger partial charge in [-0.2, -0.15) is 0 Å². The predicted octanol–water partition coefficient (Wildman–Crippen LogP) is 13.5. The Kier molecular flexibility index (Phi) is 39.0. The minimum Gasteiger partial charge on any atom is -0.462 e. The number of phosphoric acid groups is 1. The van der Waals surface area contributed by atoms with Crippen LogP contribution in [0.25, 0.3) is 0 Å². The number of hydrogen-bond acceptors (Lipinski definition) is 7.